The van der Waals surface area contributed by atoms with Gasteiger partial charge in [-0.1, -0.05) is 18.2 Å². The van der Waals surface area contributed by atoms with Gasteiger partial charge in [0.05, 0.1) is 24.9 Å². The quantitative estimate of drug-likeness (QED) is 0.673. The molecular weight excluding hydrogens is 420 g/mol. The Morgan fingerprint density at radius 3 is 2.90 bits per heavy atom. The first-order valence-corrected chi connectivity index (χ1v) is 12.3. The fourth-order valence-corrected chi connectivity index (χ4v) is 6.04. The average Bonchev–Trinajstić information content (AvgIpc) is 3.20. The number of hydrogen-bond acceptors (Lipinski definition) is 5. The number of rotatable bonds is 4. The van der Waals surface area contributed by atoms with Crippen LogP contribution in [0.15, 0.2) is 29.2 Å². The van der Waals surface area contributed by atoms with Crippen LogP contribution >= 0.6 is 23.4 Å². The van der Waals surface area contributed by atoms with Gasteiger partial charge in [0.25, 0.3) is 5.91 Å². The molecule has 3 aliphatic rings. The molecular formula is C22H27ClN4O2S. The Labute approximate surface area is 186 Å². The number of likely N-dealkylation sites (tertiary alicyclic amines) is 1. The molecule has 8 heteroatoms. The second-order valence-electron chi connectivity index (χ2n) is 8.10. The van der Waals surface area contributed by atoms with E-state index >= 15 is 0 Å². The third-order valence-corrected chi connectivity index (χ3v) is 7.52. The standard InChI is InChI=1S/C22H27ClN4O2S/c23-7-9-25-8-3-4-16(14-25)27-21-17-5-1-2-6-19(17)30-15-18(21)20(24-27)22(28)26-10-12-29-13-11-26/h1-2,5-6,16H,3-4,7-15H2. The number of aromatic nitrogens is 2. The number of piperidine rings is 1. The van der Waals surface area contributed by atoms with E-state index in [1.165, 1.54) is 10.5 Å². The molecule has 30 heavy (non-hydrogen) atoms. The maximum Gasteiger partial charge on any atom is 0.274 e. The van der Waals surface area contributed by atoms with Crippen molar-refractivity contribution in [2.75, 3.05) is 51.8 Å². The van der Waals surface area contributed by atoms with Crippen LogP contribution in [0, 0.1) is 0 Å². The van der Waals surface area contributed by atoms with Crippen molar-refractivity contribution in [1.82, 2.24) is 19.6 Å². The van der Waals surface area contributed by atoms with Gasteiger partial charge in [0.2, 0.25) is 0 Å². The zero-order valence-corrected chi connectivity index (χ0v) is 18.6. The van der Waals surface area contributed by atoms with Gasteiger partial charge in [-0.05, 0) is 25.5 Å². The van der Waals surface area contributed by atoms with Crippen LogP contribution in [0.5, 0.6) is 0 Å². The fraction of sp³-hybridized carbons (Fsp3) is 0.545. The van der Waals surface area contributed by atoms with Crippen LogP contribution in [0.25, 0.3) is 11.3 Å². The van der Waals surface area contributed by atoms with Gasteiger partial charge >= 0.3 is 0 Å². The van der Waals surface area contributed by atoms with Gasteiger partial charge in [-0.2, -0.15) is 5.10 Å². The van der Waals surface area contributed by atoms with Gasteiger partial charge in [0.1, 0.15) is 0 Å². The van der Waals surface area contributed by atoms with Crippen molar-refractivity contribution in [1.29, 1.82) is 0 Å². The lowest BCUT2D eigenvalue weighted by atomic mass is 10.0. The maximum atomic E-state index is 13.4. The topological polar surface area (TPSA) is 50.6 Å². The van der Waals surface area contributed by atoms with E-state index in [9.17, 15) is 4.79 Å². The van der Waals surface area contributed by atoms with E-state index in [0.717, 1.165) is 49.5 Å². The first-order chi connectivity index (χ1) is 14.8. The van der Waals surface area contributed by atoms with Gasteiger partial charge in [-0.25, -0.2) is 0 Å². The normalized spacial score (nSPS) is 21.9. The number of ether oxygens (including phenoxy) is 1. The summed E-state index contributed by atoms with van der Waals surface area (Å²) in [7, 11) is 0. The number of nitrogens with zero attached hydrogens (tertiary/aromatic N) is 4. The van der Waals surface area contributed by atoms with Gasteiger partial charge in [-0.3, -0.25) is 9.48 Å². The highest BCUT2D eigenvalue weighted by molar-refractivity contribution is 7.98. The predicted molar refractivity (Wildman–Crippen MR) is 119 cm³/mol. The molecule has 1 amide bonds. The first-order valence-electron chi connectivity index (χ1n) is 10.7. The SMILES string of the molecule is O=C(c1nn(C2CCCN(CCCl)C2)c2c1CSc1ccccc1-2)N1CCOCC1. The Kier molecular flexibility index (Phi) is 6.05. The third-order valence-electron chi connectivity index (χ3n) is 6.25. The Bertz CT molecular complexity index is 926. The van der Waals surface area contributed by atoms with Crippen LogP contribution in [0.2, 0.25) is 0 Å². The summed E-state index contributed by atoms with van der Waals surface area (Å²) in [6.45, 7) is 5.38. The zero-order chi connectivity index (χ0) is 20.5. The number of thioether (sulfide) groups is 1. The molecule has 160 valence electrons. The number of carbonyl (C=O) groups excluding carboxylic acids is 1. The number of morpholine rings is 1. The highest BCUT2D eigenvalue weighted by Crippen LogP contribution is 2.44. The van der Waals surface area contributed by atoms with E-state index in [-0.39, 0.29) is 11.9 Å². The smallest absolute Gasteiger partial charge is 0.274 e. The summed E-state index contributed by atoms with van der Waals surface area (Å²) >= 11 is 7.82. The minimum atomic E-state index is 0.0432. The molecule has 2 fully saturated rings. The molecule has 1 aromatic heterocycles. The minimum Gasteiger partial charge on any atom is -0.378 e. The molecule has 3 aliphatic heterocycles. The highest BCUT2D eigenvalue weighted by Gasteiger charge is 2.34. The van der Waals surface area contributed by atoms with Crippen LogP contribution < -0.4 is 0 Å². The van der Waals surface area contributed by atoms with Crippen LogP contribution in [0.1, 0.15) is 34.9 Å². The number of amides is 1. The van der Waals surface area contributed by atoms with Crippen molar-refractivity contribution < 1.29 is 9.53 Å². The summed E-state index contributed by atoms with van der Waals surface area (Å²) in [5, 5.41) is 5.00. The molecule has 4 heterocycles. The van der Waals surface area contributed by atoms with Gasteiger partial charge < -0.3 is 14.5 Å². The third kappa shape index (κ3) is 3.77. The molecule has 0 N–H and O–H groups in total. The van der Waals surface area contributed by atoms with Crippen LogP contribution in [0.3, 0.4) is 0 Å². The molecule has 0 aliphatic carbocycles. The van der Waals surface area contributed by atoms with Crippen molar-refractivity contribution in [3.8, 4) is 11.3 Å². The van der Waals surface area contributed by atoms with E-state index in [1.54, 1.807) is 11.8 Å². The molecule has 0 radical (unpaired) electrons. The molecule has 5 rings (SSSR count). The lowest BCUT2D eigenvalue weighted by molar-refractivity contribution is 0.0297. The molecule has 1 unspecified atom stereocenters. The summed E-state index contributed by atoms with van der Waals surface area (Å²) < 4.78 is 7.61. The molecule has 2 saturated heterocycles. The van der Waals surface area contributed by atoms with E-state index < -0.39 is 0 Å². The van der Waals surface area contributed by atoms with Gasteiger partial charge in [0, 0.05) is 53.8 Å². The van der Waals surface area contributed by atoms with Crippen molar-refractivity contribution in [2.45, 2.75) is 29.5 Å². The molecule has 6 nitrogen and oxygen atoms in total. The molecule has 0 spiro atoms. The van der Waals surface area contributed by atoms with Crippen LogP contribution in [-0.2, 0) is 10.5 Å². The average molecular weight is 447 g/mol. The molecule has 1 aromatic carbocycles. The first kappa shape index (κ1) is 20.4. The molecule has 1 atom stereocenters. The second kappa shape index (κ2) is 8.91. The number of alkyl halides is 1. The number of fused-ring (bicyclic) bond motifs is 3. The monoisotopic (exact) mass is 446 g/mol. The lowest BCUT2D eigenvalue weighted by Crippen LogP contribution is -2.41. The fourth-order valence-electron chi connectivity index (χ4n) is 4.73. The van der Waals surface area contributed by atoms with Gasteiger partial charge in [-0.15, -0.1) is 23.4 Å². The molecule has 2 aromatic rings. The summed E-state index contributed by atoms with van der Waals surface area (Å²) in [6.07, 6.45) is 2.20. The van der Waals surface area contributed by atoms with E-state index in [1.807, 2.05) is 4.90 Å². The van der Waals surface area contributed by atoms with E-state index in [0.29, 0.717) is 37.9 Å². The number of halogens is 1. The number of benzene rings is 1. The molecule has 0 bridgehead atoms. The summed E-state index contributed by atoms with van der Waals surface area (Å²) in [6, 6.07) is 8.76. The van der Waals surface area contributed by atoms with Crippen LogP contribution in [-0.4, -0.2) is 77.3 Å². The Morgan fingerprint density at radius 1 is 1.23 bits per heavy atom. The van der Waals surface area contributed by atoms with E-state index in [2.05, 4.69) is 33.8 Å². The Balaban J connectivity index is 1.56. The lowest BCUT2D eigenvalue weighted by Gasteiger charge is -2.33. The summed E-state index contributed by atoms with van der Waals surface area (Å²) in [5.41, 5.74) is 4.05. The Hall–Kier alpha value is -1.54. The van der Waals surface area contributed by atoms with Crippen molar-refractivity contribution in [2.24, 2.45) is 0 Å². The Morgan fingerprint density at radius 2 is 2.07 bits per heavy atom. The van der Waals surface area contributed by atoms with Crippen LogP contribution in [0.4, 0.5) is 0 Å². The second-order valence-corrected chi connectivity index (χ2v) is 9.49. The predicted octanol–water partition coefficient (Wildman–Crippen LogP) is 3.50. The summed E-state index contributed by atoms with van der Waals surface area (Å²) in [5.74, 6) is 1.47. The van der Waals surface area contributed by atoms with Crippen molar-refractivity contribution in [3.05, 3.63) is 35.5 Å². The largest absolute Gasteiger partial charge is 0.378 e. The number of carbonyl (C=O) groups is 1. The zero-order valence-electron chi connectivity index (χ0n) is 17.1. The van der Waals surface area contributed by atoms with Crippen molar-refractivity contribution >= 4 is 29.3 Å². The van der Waals surface area contributed by atoms with Gasteiger partial charge in [0.15, 0.2) is 5.69 Å². The number of hydrogen-bond donors (Lipinski definition) is 0. The van der Waals surface area contributed by atoms with Crippen molar-refractivity contribution in [3.63, 3.8) is 0 Å². The minimum absolute atomic E-state index is 0.0432. The summed E-state index contributed by atoms with van der Waals surface area (Å²) in [4.78, 5) is 19.0. The molecule has 0 saturated carbocycles. The highest BCUT2D eigenvalue weighted by atomic mass is 35.5. The van der Waals surface area contributed by atoms with E-state index in [4.69, 9.17) is 21.4 Å². The maximum absolute atomic E-state index is 13.4.